The summed E-state index contributed by atoms with van der Waals surface area (Å²) in [6, 6.07) is 13.3. The molecule has 5 rings (SSSR count). The zero-order valence-electron chi connectivity index (χ0n) is 21.4. The summed E-state index contributed by atoms with van der Waals surface area (Å²) >= 11 is 0. The largest absolute Gasteiger partial charge is 0.369 e. The Kier molecular flexibility index (Phi) is 7.93. The summed E-state index contributed by atoms with van der Waals surface area (Å²) in [5.41, 5.74) is 4.52. The van der Waals surface area contributed by atoms with Gasteiger partial charge < -0.3 is 25.6 Å². The van der Waals surface area contributed by atoms with Crippen molar-refractivity contribution in [2.45, 2.75) is 6.10 Å². The number of pyridine rings is 2. The number of amides is 1. The summed E-state index contributed by atoms with van der Waals surface area (Å²) in [5, 5.41) is 10.4. The average Bonchev–Trinajstić information content (AvgIpc) is 2.93. The Balaban J connectivity index is 1.41. The zero-order valence-corrected chi connectivity index (χ0v) is 21.4. The van der Waals surface area contributed by atoms with Gasteiger partial charge in [0.2, 0.25) is 11.9 Å². The first-order chi connectivity index (χ1) is 18.6. The van der Waals surface area contributed by atoms with Gasteiger partial charge in [0.25, 0.3) is 0 Å². The number of rotatable bonds is 8. The normalized spacial score (nSPS) is 15.7. The van der Waals surface area contributed by atoms with E-state index < -0.39 is 0 Å². The minimum absolute atomic E-state index is 0.150. The molecule has 0 radical (unpaired) electrons. The lowest BCUT2D eigenvalue weighted by molar-refractivity contribution is -0.111. The minimum atomic E-state index is -0.194. The molecule has 1 atom stereocenters. The van der Waals surface area contributed by atoms with Crippen LogP contribution in [0.5, 0.6) is 0 Å². The van der Waals surface area contributed by atoms with Gasteiger partial charge in [0.05, 0.1) is 29.2 Å². The molecular weight excluding hydrogens is 480 g/mol. The number of anilines is 3. The van der Waals surface area contributed by atoms with E-state index in [1.165, 1.54) is 6.08 Å². The minimum Gasteiger partial charge on any atom is -0.369 e. The number of hydrogen-bond acceptors (Lipinski definition) is 9. The number of carbonyl (C=O) groups excluding carboxylic acids is 1. The van der Waals surface area contributed by atoms with Crippen molar-refractivity contribution in [1.29, 1.82) is 0 Å². The lowest BCUT2D eigenvalue weighted by atomic mass is 10.1. The van der Waals surface area contributed by atoms with E-state index in [2.05, 4.69) is 30.9 Å². The van der Waals surface area contributed by atoms with E-state index in [9.17, 15) is 4.79 Å². The van der Waals surface area contributed by atoms with E-state index in [-0.39, 0.29) is 12.0 Å². The van der Waals surface area contributed by atoms with Crippen LogP contribution in [0.15, 0.2) is 73.2 Å². The van der Waals surface area contributed by atoms with Gasteiger partial charge in [0.1, 0.15) is 6.10 Å². The standard InChI is InChI=1S/C28H30N8O2/c1-36(2)14-5-9-25(37)33-20-10-12-30-23(16-20)21-7-3-6-19-17-32-28(35-26(19)21)34-22-8-4-11-31-27(22)24-18-29-13-15-38-24/h3-12,16-17,24,29H,13-15,18H2,1-2H3,(H,30,33,37)(H,32,34,35)/b9-5+. The highest BCUT2D eigenvalue weighted by Gasteiger charge is 2.21. The zero-order chi connectivity index (χ0) is 26.3. The van der Waals surface area contributed by atoms with Crippen molar-refractivity contribution >= 4 is 34.1 Å². The highest BCUT2D eigenvalue weighted by molar-refractivity contribution is 6.00. The summed E-state index contributed by atoms with van der Waals surface area (Å²) in [5.74, 6) is 0.249. The van der Waals surface area contributed by atoms with Crippen LogP contribution in [0.4, 0.5) is 17.3 Å². The Hall–Kier alpha value is -4.25. The van der Waals surface area contributed by atoms with Crippen LogP contribution < -0.4 is 16.0 Å². The third kappa shape index (κ3) is 6.17. The second-order valence-corrected chi connectivity index (χ2v) is 9.15. The third-order valence-corrected chi connectivity index (χ3v) is 5.97. The van der Waals surface area contributed by atoms with Crippen LogP contribution in [0.1, 0.15) is 11.8 Å². The third-order valence-electron chi connectivity index (χ3n) is 5.97. The lowest BCUT2D eigenvalue weighted by Crippen LogP contribution is -2.34. The van der Waals surface area contributed by atoms with Crippen molar-refractivity contribution in [1.82, 2.24) is 30.2 Å². The van der Waals surface area contributed by atoms with Gasteiger partial charge >= 0.3 is 0 Å². The van der Waals surface area contributed by atoms with Gasteiger partial charge in [-0.25, -0.2) is 9.97 Å². The van der Waals surface area contributed by atoms with Crippen LogP contribution in [0.25, 0.3) is 22.2 Å². The number of nitrogens with one attached hydrogen (secondary N) is 3. The first-order valence-corrected chi connectivity index (χ1v) is 12.5. The molecule has 10 nitrogen and oxygen atoms in total. The van der Waals surface area contributed by atoms with Crippen LogP contribution in [-0.4, -0.2) is 71.1 Å². The smallest absolute Gasteiger partial charge is 0.248 e. The molecule has 1 aliphatic heterocycles. The van der Waals surface area contributed by atoms with Gasteiger partial charge in [-0.3, -0.25) is 14.8 Å². The van der Waals surface area contributed by atoms with Gasteiger partial charge in [-0.1, -0.05) is 24.3 Å². The second kappa shape index (κ2) is 11.9. The molecule has 1 aromatic carbocycles. The lowest BCUT2D eigenvalue weighted by Gasteiger charge is -2.24. The number of likely N-dealkylation sites (N-methyl/N-ethyl adjacent to an activating group) is 1. The number of fused-ring (bicyclic) bond motifs is 1. The summed E-state index contributed by atoms with van der Waals surface area (Å²) in [4.78, 5) is 32.8. The van der Waals surface area contributed by atoms with E-state index in [0.29, 0.717) is 37.0 Å². The fourth-order valence-electron chi connectivity index (χ4n) is 4.17. The van der Waals surface area contributed by atoms with E-state index in [4.69, 9.17) is 9.72 Å². The summed E-state index contributed by atoms with van der Waals surface area (Å²) in [6.45, 7) is 2.84. The van der Waals surface area contributed by atoms with Crippen LogP contribution in [0, 0.1) is 0 Å². The molecular formula is C28H30N8O2. The Morgan fingerprint density at radius 2 is 2.08 bits per heavy atom. The molecule has 0 spiro atoms. The molecule has 194 valence electrons. The molecule has 1 aliphatic rings. The highest BCUT2D eigenvalue weighted by Crippen LogP contribution is 2.30. The van der Waals surface area contributed by atoms with Gasteiger partial charge in [-0.15, -0.1) is 0 Å². The maximum atomic E-state index is 12.3. The number of benzene rings is 1. The molecule has 38 heavy (non-hydrogen) atoms. The fraction of sp³-hybridized carbons (Fsp3) is 0.250. The monoisotopic (exact) mass is 510 g/mol. The predicted octanol–water partition coefficient (Wildman–Crippen LogP) is 3.55. The number of aromatic nitrogens is 4. The van der Waals surface area contributed by atoms with Crippen LogP contribution in [0.3, 0.4) is 0 Å². The van der Waals surface area contributed by atoms with Crippen LogP contribution >= 0.6 is 0 Å². The highest BCUT2D eigenvalue weighted by atomic mass is 16.5. The Morgan fingerprint density at radius 3 is 2.92 bits per heavy atom. The molecule has 10 heteroatoms. The molecule has 3 aromatic heterocycles. The summed E-state index contributed by atoms with van der Waals surface area (Å²) in [6.07, 6.45) is 8.41. The maximum Gasteiger partial charge on any atom is 0.248 e. The summed E-state index contributed by atoms with van der Waals surface area (Å²) < 4.78 is 5.91. The Bertz CT molecular complexity index is 1450. The first-order valence-electron chi connectivity index (χ1n) is 12.5. The van der Waals surface area contributed by atoms with Gasteiger partial charge in [0.15, 0.2) is 0 Å². The van der Waals surface area contributed by atoms with E-state index in [1.807, 2.05) is 61.5 Å². The molecule has 1 saturated heterocycles. The SMILES string of the molecule is CN(C)C/C=C/C(=O)Nc1ccnc(-c2cccc3cnc(Nc4cccnc4C4CNCCO4)nc23)c1. The molecule has 3 N–H and O–H groups in total. The van der Waals surface area contributed by atoms with Gasteiger partial charge in [-0.05, 0) is 38.4 Å². The molecule has 0 aliphatic carbocycles. The Morgan fingerprint density at radius 1 is 1.16 bits per heavy atom. The van der Waals surface area contributed by atoms with Crippen molar-refractivity contribution in [2.24, 2.45) is 0 Å². The summed E-state index contributed by atoms with van der Waals surface area (Å²) in [7, 11) is 3.90. The molecule has 4 aromatic rings. The number of hydrogen-bond donors (Lipinski definition) is 3. The molecule has 1 fully saturated rings. The van der Waals surface area contributed by atoms with E-state index in [1.54, 1.807) is 24.7 Å². The Labute approximate surface area is 221 Å². The molecule has 4 heterocycles. The number of para-hydroxylation sites is 1. The van der Waals surface area contributed by atoms with Crippen molar-refractivity contribution in [3.63, 3.8) is 0 Å². The van der Waals surface area contributed by atoms with Crippen LogP contribution in [-0.2, 0) is 9.53 Å². The topological polar surface area (TPSA) is 117 Å². The molecule has 0 saturated carbocycles. The second-order valence-electron chi connectivity index (χ2n) is 9.15. The van der Waals surface area contributed by atoms with Crippen molar-refractivity contribution in [3.05, 3.63) is 78.9 Å². The number of carbonyl (C=O) groups is 1. The average molecular weight is 511 g/mol. The quantitative estimate of drug-likeness (QED) is 0.306. The molecule has 1 unspecified atom stereocenters. The van der Waals surface area contributed by atoms with Gasteiger partial charge in [-0.2, -0.15) is 0 Å². The fourth-order valence-corrected chi connectivity index (χ4v) is 4.17. The van der Waals surface area contributed by atoms with Crippen molar-refractivity contribution in [2.75, 3.05) is 51.0 Å². The number of ether oxygens (including phenoxy) is 1. The van der Waals surface area contributed by atoms with Crippen molar-refractivity contribution < 1.29 is 9.53 Å². The van der Waals surface area contributed by atoms with Crippen molar-refractivity contribution in [3.8, 4) is 11.3 Å². The van der Waals surface area contributed by atoms with E-state index >= 15 is 0 Å². The number of morpholine rings is 1. The first kappa shape index (κ1) is 25.4. The van der Waals surface area contributed by atoms with E-state index in [0.717, 1.165) is 34.4 Å². The maximum absolute atomic E-state index is 12.3. The predicted molar refractivity (Wildman–Crippen MR) is 148 cm³/mol. The number of nitrogens with zero attached hydrogens (tertiary/aromatic N) is 5. The molecule has 0 bridgehead atoms. The van der Waals surface area contributed by atoms with Crippen LogP contribution in [0.2, 0.25) is 0 Å². The van der Waals surface area contributed by atoms with Gasteiger partial charge in [0, 0.05) is 60.9 Å². The molecule has 1 amide bonds.